The van der Waals surface area contributed by atoms with Crippen LogP contribution < -0.4 is 0 Å². The van der Waals surface area contributed by atoms with Crippen molar-refractivity contribution in [2.24, 2.45) is 29.6 Å². The highest BCUT2D eigenvalue weighted by atomic mass is 16.5. The Labute approximate surface area is 157 Å². The Morgan fingerprint density at radius 1 is 0.680 bits per heavy atom. The van der Waals surface area contributed by atoms with E-state index in [-0.39, 0.29) is 0 Å². The van der Waals surface area contributed by atoms with Crippen molar-refractivity contribution in [1.82, 2.24) is 0 Å². The van der Waals surface area contributed by atoms with Crippen molar-refractivity contribution in [2.75, 3.05) is 7.11 Å². The normalized spacial score (nSPS) is 40.1. The number of hydrogen-bond donors (Lipinski definition) is 0. The molecule has 0 spiro atoms. The topological polar surface area (TPSA) is 9.23 Å². The van der Waals surface area contributed by atoms with Crippen LogP contribution in [0, 0.1) is 29.6 Å². The lowest BCUT2D eigenvalue weighted by Gasteiger charge is -2.41. The zero-order valence-corrected chi connectivity index (χ0v) is 17.2. The maximum Gasteiger partial charge on any atom is 0.0574 e. The molecule has 0 aromatic carbocycles. The fourth-order valence-electron chi connectivity index (χ4n) is 6.54. The Kier molecular flexibility index (Phi) is 8.15. The van der Waals surface area contributed by atoms with E-state index in [1.165, 1.54) is 64.2 Å². The number of methoxy groups -OCH3 is 1. The Morgan fingerprint density at radius 2 is 1.28 bits per heavy atom. The van der Waals surface area contributed by atoms with E-state index in [9.17, 15) is 0 Å². The summed E-state index contributed by atoms with van der Waals surface area (Å²) >= 11 is 0. The summed E-state index contributed by atoms with van der Waals surface area (Å²) in [5.74, 6) is 5.25. The molecular weight excluding hydrogens is 304 g/mol. The second-order valence-corrected chi connectivity index (χ2v) is 9.74. The van der Waals surface area contributed by atoms with Gasteiger partial charge < -0.3 is 4.74 Å². The molecule has 2 atom stereocenters. The lowest BCUT2D eigenvalue weighted by molar-refractivity contribution is 0.0246. The predicted octanol–water partition coefficient (Wildman–Crippen LogP) is 7.38. The molecule has 146 valence electrons. The van der Waals surface area contributed by atoms with E-state index in [4.69, 9.17) is 4.74 Å². The van der Waals surface area contributed by atoms with E-state index in [2.05, 4.69) is 6.92 Å². The van der Waals surface area contributed by atoms with Crippen LogP contribution in [0.5, 0.6) is 0 Å². The highest BCUT2D eigenvalue weighted by Crippen LogP contribution is 2.45. The van der Waals surface area contributed by atoms with Crippen molar-refractivity contribution in [3.8, 4) is 0 Å². The first-order chi connectivity index (χ1) is 12.3. The molecule has 0 heterocycles. The van der Waals surface area contributed by atoms with E-state index in [1.54, 1.807) is 38.5 Å². The van der Waals surface area contributed by atoms with Crippen molar-refractivity contribution in [3.05, 3.63) is 0 Å². The first kappa shape index (κ1) is 19.7. The quantitative estimate of drug-likeness (QED) is 0.436. The molecule has 0 aliphatic heterocycles. The molecule has 0 unspecified atom stereocenters. The molecule has 1 nitrogen and oxygen atoms in total. The Bertz CT molecular complexity index is 349. The van der Waals surface area contributed by atoms with E-state index < -0.39 is 0 Å². The molecule has 3 rings (SSSR count). The van der Waals surface area contributed by atoms with Crippen LogP contribution in [0.2, 0.25) is 0 Å². The highest BCUT2D eigenvalue weighted by molar-refractivity contribution is 4.86. The van der Waals surface area contributed by atoms with E-state index in [1.807, 2.05) is 7.11 Å². The number of rotatable bonds is 7. The van der Waals surface area contributed by atoms with Gasteiger partial charge in [-0.3, -0.25) is 0 Å². The monoisotopic (exact) mass is 348 g/mol. The van der Waals surface area contributed by atoms with Crippen LogP contribution in [0.1, 0.15) is 110 Å². The fourth-order valence-corrected chi connectivity index (χ4v) is 6.54. The van der Waals surface area contributed by atoms with E-state index in [0.717, 1.165) is 29.6 Å². The Morgan fingerprint density at radius 3 is 1.88 bits per heavy atom. The minimum atomic E-state index is 0.569. The molecule has 0 bridgehead atoms. The molecule has 0 N–H and O–H groups in total. The van der Waals surface area contributed by atoms with Crippen LogP contribution in [0.25, 0.3) is 0 Å². The highest BCUT2D eigenvalue weighted by Gasteiger charge is 2.34. The van der Waals surface area contributed by atoms with Crippen LogP contribution in [-0.2, 0) is 4.74 Å². The summed E-state index contributed by atoms with van der Waals surface area (Å²) in [7, 11) is 1.92. The molecule has 3 saturated carbocycles. The van der Waals surface area contributed by atoms with Crippen molar-refractivity contribution in [2.45, 2.75) is 116 Å². The van der Waals surface area contributed by atoms with Gasteiger partial charge in [-0.15, -0.1) is 0 Å². The third-order valence-corrected chi connectivity index (χ3v) is 8.26. The standard InChI is InChI=1S/C24H44O/c1-3-4-5-7-19-10-12-20(13-11-19)21-14-16-22(17-15-21)23-8-6-9-24(18-23)25-2/h19-24H,3-18H2,1-2H3/t19-,20-,21?,22?,23-,24+/m0/s1. The summed E-state index contributed by atoms with van der Waals surface area (Å²) in [5.41, 5.74) is 0. The summed E-state index contributed by atoms with van der Waals surface area (Å²) in [5, 5.41) is 0. The SMILES string of the molecule is CCCCC[C@H]1CC[C@H](C2CCC([C@H]3CCC[C@@H](OC)C3)CC2)CC1. The second-order valence-electron chi connectivity index (χ2n) is 9.74. The average Bonchev–Trinajstić information content (AvgIpc) is 2.69. The van der Waals surface area contributed by atoms with Gasteiger partial charge in [-0.05, 0) is 87.4 Å². The fraction of sp³-hybridized carbons (Fsp3) is 1.00. The third kappa shape index (κ3) is 5.72. The van der Waals surface area contributed by atoms with E-state index in [0.29, 0.717) is 6.10 Å². The van der Waals surface area contributed by atoms with Gasteiger partial charge in [0.2, 0.25) is 0 Å². The third-order valence-electron chi connectivity index (χ3n) is 8.26. The van der Waals surface area contributed by atoms with Gasteiger partial charge in [-0.25, -0.2) is 0 Å². The van der Waals surface area contributed by atoms with Gasteiger partial charge >= 0.3 is 0 Å². The molecule has 3 aliphatic rings. The predicted molar refractivity (Wildman–Crippen MR) is 108 cm³/mol. The smallest absolute Gasteiger partial charge is 0.0574 e. The maximum absolute atomic E-state index is 5.67. The molecule has 3 fully saturated rings. The van der Waals surface area contributed by atoms with Crippen LogP contribution in [0.15, 0.2) is 0 Å². The van der Waals surface area contributed by atoms with Gasteiger partial charge in [0.15, 0.2) is 0 Å². The van der Waals surface area contributed by atoms with Crippen molar-refractivity contribution < 1.29 is 4.74 Å². The van der Waals surface area contributed by atoms with Crippen LogP contribution in [0.4, 0.5) is 0 Å². The molecule has 1 heteroatoms. The minimum absolute atomic E-state index is 0.569. The molecule has 0 saturated heterocycles. The Hall–Kier alpha value is -0.0400. The van der Waals surface area contributed by atoms with Gasteiger partial charge in [0.05, 0.1) is 6.10 Å². The van der Waals surface area contributed by atoms with Gasteiger partial charge in [0, 0.05) is 7.11 Å². The summed E-state index contributed by atoms with van der Waals surface area (Å²) < 4.78 is 5.67. The largest absolute Gasteiger partial charge is 0.381 e. The number of hydrogen-bond acceptors (Lipinski definition) is 1. The van der Waals surface area contributed by atoms with Gasteiger partial charge in [0.1, 0.15) is 0 Å². The molecule has 0 aromatic heterocycles. The lowest BCUT2D eigenvalue weighted by atomic mass is 9.65. The van der Waals surface area contributed by atoms with Crippen molar-refractivity contribution >= 4 is 0 Å². The first-order valence-electron chi connectivity index (χ1n) is 11.8. The van der Waals surface area contributed by atoms with Gasteiger partial charge in [-0.1, -0.05) is 51.9 Å². The molecule has 25 heavy (non-hydrogen) atoms. The van der Waals surface area contributed by atoms with Gasteiger partial charge in [-0.2, -0.15) is 0 Å². The second kappa shape index (κ2) is 10.3. The zero-order valence-electron chi connectivity index (χ0n) is 17.2. The zero-order chi connectivity index (χ0) is 17.5. The number of unbranched alkanes of at least 4 members (excludes halogenated alkanes) is 2. The van der Waals surface area contributed by atoms with Crippen LogP contribution in [0.3, 0.4) is 0 Å². The maximum atomic E-state index is 5.67. The average molecular weight is 349 g/mol. The molecule has 0 amide bonds. The molecule has 3 aliphatic carbocycles. The molecular formula is C24H44O. The summed E-state index contributed by atoms with van der Waals surface area (Å²) in [6.07, 6.45) is 24.3. The first-order valence-corrected chi connectivity index (χ1v) is 11.8. The van der Waals surface area contributed by atoms with Crippen molar-refractivity contribution in [3.63, 3.8) is 0 Å². The van der Waals surface area contributed by atoms with Crippen LogP contribution >= 0.6 is 0 Å². The summed E-state index contributed by atoms with van der Waals surface area (Å²) in [4.78, 5) is 0. The molecule has 0 aromatic rings. The summed E-state index contributed by atoms with van der Waals surface area (Å²) in [6, 6.07) is 0. The lowest BCUT2D eigenvalue weighted by Crippen LogP contribution is -2.31. The molecule has 0 radical (unpaired) electrons. The van der Waals surface area contributed by atoms with Gasteiger partial charge in [0.25, 0.3) is 0 Å². The van der Waals surface area contributed by atoms with Crippen LogP contribution in [-0.4, -0.2) is 13.2 Å². The summed E-state index contributed by atoms with van der Waals surface area (Å²) in [6.45, 7) is 2.33. The van der Waals surface area contributed by atoms with E-state index >= 15 is 0 Å². The Balaban J connectivity index is 1.35. The van der Waals surface area contributed by atoms with Crippen molar-refractivity contribution in [1.29, 1.82) is 0 Å². The minimum Gasteiger partial charge on any atom is -0.381 e. The number of ether oxygens (including phenoxy) is 1.